The fourth-order valence-corrected chi connectivity index (χ4v) is 2.87. The highest BCUT2D eigenvalue weighted by molar-refractivity contribution is 6.24. The first-order valence-electron chi connectivity index (χ1n) is 8.54. The van der Waals surface area contributed by atoms with E-state index in [1.807, 2.05) is 55.6 Å². The molecule has 25 heavy (non-hydrogen) atoms. The topological polar surface area (TPSA) is 78.7 Å². The zero-order valence-electron chi connectivity index (χ0n) is 14.6. The lowest BCUT2D eigenvalue weighted by molar-refractivity contribution is -0.727. The monoisotopic (exact) mass is 341 g/mol. The molecule has 2 aromatic rings. The van der Waals surface area contributed by atoms with Gasteiger partial charge in [-0.25, -0.2) is 0 Å². The van der Waals surface area contributed by atoms with Crippen molar-refractivity contribution in [3.8, 4) is 11.1 Å². The number of hydrogen-bond donors (Lipinski definition) is 3. The van der Waals surface area contributed by atoms with Crippen LogP contribution in [-0.4, -0.2) is 47.3 Å². The number of rotatable bonds is 7. The maximum absolute atomic E-state index is 10.1. The number of fused-ring (bicyclic) bond motifs is 3. The molecule has 132 valence electrons. The highest BCUT2D eigenvalue weighted by Gasteiger charge is 2.25. The van der Waals surface area contributed by atoms with Crippen LogP contribution in [0.15, 0.2) is 53.7 Å². The molecular weight excluding hydrogens is 316 g/mol. The Labute approximate surface area is 148 Å². The van der Waals surface area contributed by atoms with Crippen LogP contribution in [0.2, 0.25) is 0 Å². The van der Waals surface area contributed by atoms with E-state index in [1.54, 1.807) is 0 Å². The molecule has 1 aliphatic carbocycles. The van der Waals surface area contributed by atoms with Crippen LogP contribution in [0.1, 0.15) is 25.0 Å². The summed E-state index contributed by atoms with van der Waals surface area (Å²) in [5.41, 5.74) is 4.89. The molecule has 0 aliphatic heterocycles. The Morgan fingerprint density at radius 1 is 1.00 bits per heavy atom. The van der Waals surface area contributed by atoms with Crippen molar-refractivity contribution in [1.29, 1.82) is 0 Å². The molecule has 1 aliphatic rings. The third-order valence-electron chi connectivity index (χ3n) is 4.43. The van der Waals surface area contributed by atoms with E-state index in [4.69, 9.17) is 4.84 Å². The van der Waals surface area contributed by atoms with Crippen molar-refractivity contribution in [2.75, 3.05) is 19.8 Å². The molecule has 0 aromatic heterocycles. The van der Waals surface area contributed by atoms with Gasteiger partial charge in [0.1, 0.15) is 30.5 Å². The molecule has 0 fully saturated rings. The van der Waals surface area contributed by atoms with Crippen molar-refractivity contribution in [3.05, 3.63) is 59.7 Å². The summed E-state index contributed by atoms with van der Waals surface area (Å²) in [6.07, 6.45) is -0.651. The van der Waals surface area contributed by atoms with Gasteiger partial charge in [0.2, 0.25) is 0 Å². The Balaban J connectivity index is 1.68. The van der Waals surface area contributed by atoms with Crippen molar-refractivity contribution in [1.82, 2.24) is 0 Å². The van der Waals surface area contributed by atoms with Gasteiger partial charge >= 0.3 is 0 Å². The highest BCUT2D eigenvalue weighted by atomic mass is 16.6. The molecule has 4 N–H and O–H groups in total. The quantitative estimate of drug-likeness (QED) is 0.564. The van der Waals surface area contributed by atoms with E-state index in [1.165, 1.54) is 0 Å². The maximum Gasteiger partial charge on any atom is 0.148 e. The van der Waals surface area contributed by atoms with Gasteiger partial charge in [-0.3, -0.25) is 0 Å². The fraction of sp³-hybridized carbons (Fsp3) is 0.350. The van der Waals surface area contributed by atoms with Crippen LogP contribution in [0, 0.1) is 0 Å². The molecule has 2 aromatic carbocycles. The lowest BCUT2D eigenvalue weighted by atomic mass is 10.1. The van der Waals surface area contributed by atoms with Crippen LogP contribution in [0.25, 0.3) is 11.1 Å². The van der Waals surface area contributed by atoms with Crippen LogP contribution in [-0.2, 0) is 4.84 Å². The molecule has 1 atom stereocenters. The zero-order chi connectivity index (χ0) is 17.9. The minimum absolute atomic E-state index is 0.0520. The Morgan fingerprint density at radius 3 is 2.04 bits per heavy atom. The summed E-state index contributed by atoms with van der Waals surface area (Å²) in [5, 5.41) is 25.5. The third-order valence-corrected chi connectivity index (χ3v) is 4.43. The minimum atomic E-state index is -0.651. The predicted octanol–water partition coefficient (Wildman–Crippen LogP) is 1.13. The summed E-state index contributed by atoms with van der Waals surface area (Å²) >= 11 is 0. The molecule has 0 spiro atoms. The first kappa shape index (κ1) is 17.6. The van der Waals surface area contributed by atoms with Crippen LogP contribution < -0.4 is 5.32 Å². The normalized spacial score (nSPS) is 14.0. The molecule has 0 amide bonds. The second-order valence-electron chi connectivity index (χ2n) is 7.07. The lowest BCUT2D eigenvalue weighted by Crippen LogP contribution is -2.97. The predicted molar refractivity (Wildman–Crippen MR) is 97.4 cm³/mol. The average Bonchev–Trinajstić information content (AvgIpc) is 2.95. The summed E-state index contributed by atoms with van der Waals surface area (Å²) in [6, 6.07) is 16.2. The van der Waals surface area contributed by atoms with Gasteiger partial charge < -0.3 is 20.4 Å². The molecule has 3 rings (SSSR count). The number of quaternary nitrogens is 1. The summed E-state index contributed by atoms with van der Waals surface area (Å²) in [4.78, 5) is 5.45. The van der Waals surface area contributed by atoms with E-state index in [0.29, 0.717) is 6.54 Å². The molecule has 0 unspecified atom stereocenters. The van der Waals surface area contributed by atoms with Gasteiger partial charge in [-0.2, -0.15) is 0 Å². The largest absolute Gasteiger partial charge is 0.392 e. The van der Waals surface area contributed by atoms with Crippen LogP contribution in [0.4, 0.5) is 0 Å². The molecule has 5 heteroatoms. The number of nitrogens with zero attached hydrogens (tertiary/aromatic N) is 1. The third kappa shape index (κ3) is 3.90. The van der Waals surface area contributed by atoms with Crippen molar-refractivity contribution < 1.29 is 20.4 Å². The van der Waals surface area contributed by atoms with Crippen molar-refractivity contribution >= 4 is 5.71 Å². The minimum Gasteiger partial charge on any atom is -0.392 e. The Bertz CT molecular complexity index is 724. The second kappa shape index (κ2) is 7.35. The van der Waals surface area contributed by atoms with Crippen LogP contribution in [0.3, 0.4) is 0 Å². The van der Waals surface area contributed by atoms with E-state index >= 15 is 0 Å². The van der Waals surface area contributed by atoms with E-state index in [-0.39, 0.29) is 18.8 Å². The smallest absolute Gasteiger partial charge is 0.148 e. The molecule has 0 heterocycles. The van der Waals surface area contributed by atoms with Gasteiger partial charge in [-0.15, -0.1) is 0 Å². The van der Waals surface area contributed by atoms with E-state index < -0.39 is 6.10 Å². The lowest BCUT2D eigenvalue weighted by Gasteiger charge is -2.21. The molecule has 0 saturated heterocycles. The van der Waals surface area contributed by atoms with E-state index in [2.05, 4.69) is 17.3 Å². The number of hydrogen-bond acceptors (Lipinski definition) is 4. The molecular formula is C20H25N2O3+. The van der Waals surface area contributed by atoms with Gasteiger partial charge in [0.15, 0.2) is 0 Å². The fourth-order valence-electron chi connectivity index (χ4n) is 2.87. The first-order chi connectivity index (χ1) is 12.0. The molecule has 0 radical (unpaired) electrons. The van der Waals surface area contributed by atoms with Crippen molar-refractivity contribution in [2.45, 2.75) is 25.5 Å². The van der Waals surface area contributed by atoms with Gasteiger partial charge in [0.05, 0.1) is 6.61 Å². The Morgan fingerprint density at radius 2 is 1.52 bits per heavy atom. The Hall–Kier alpha value is -2.21. The SMILES string of the molecule is CC(C)(CO)[NH2+]C[C@H](O)CON=C1c2ccccc2-c2ccccc21. The summed E-state index contributed by atoms with van der Waals surface area (Å²) in [7, 11) is 0. The highest BCUT2D eigenvalue weighted by Crippen LogP contribution is 2.36. The van der Waals surface area contributed by atoms with Crippen LogP contribution in [0.5, 0.6) is 0 Å². The maximum atomic E-state index is 10.1. The molecule has 5 nitrogen and oxygen atoms in total. The van der Waals surface area contributed by atoms with Crippen LogP contribution >= 0.6 is 0 Å². The van der Waals surface area contributed by atoms with E-state index in [0.717, 1.165) is 28.0 Å². The van der Waals surface area contributed by atoms with Gasteiger partial charge in [-0.05, 0) is 25.0 Å². The molecule has 0 saturated carbocycles. The first-order valence-corrected chi connectivity index (χ1v) is 8.54. The Kier molecular flexibility index (Phi) is 5.18. The van der Waals surface area contributed by atoms with Gasteiger partial charge in [0.25, 0.3) is 0 Å². The number of benzene rings is 2. The summed E-state index contributed by atoms with van der Waals surface area (Å²) < 4.78 is 0. The number of aliphatic hydroxyl groups excluding tert-OH is 2. The standard InChI is InChI=1S/C20H24N2O3/c1-20(2,13-23)21-11-14(24)12-25-22-19-17-9-5-3-7-15(17)16-8-4-6-10-18(16)19/h3-10,14,21,23-24H,11-13H2,1-2H3/p+1/t14-/m0/s1. The second-order valence-corrected chi connectivity index (χ2v) is 7.07. The van der Waals surface area contributed by atoms with E-state index in [9.17, 15) is 10.2 Å². The summed E-state index contributed by atoms with van der Waals surface area (Å²) in [6.45, 7) is 4.47. The summed E-state index contributed by atoms with van der Waals surface area (Å²) in [5.74, 6) is 0. The van der Waals surface area contributed by atoms with Gasteiger partial charge in [-0.1, -0.05) is 53.7 Å². The van der Waals surface area contributed by atoms with Crippen molar-refractivity contribution in [3.63, 3.8) is 0 Å². The zero-order valence-corrected chi connectivity index (χ0v) is 14.6. The number of nitrogens with two attached hydrogens (primary N) is 1. The van der Waals surface area contributed by atoms with Gasteiger partial charge in [0, 0.05) is 11.1 Å². The molecule has 0 bridgehead atoms. The van der Waals surface area contributed by atoms with Crippen molar-refractivity contribution in [2.24, 2.45) is 5.16 Å². The number of aliphatic hydroxyl groups is 2. The average molecular weight is 341 g/mol. The number of oxime groups is 1.